The first-order chi connectivity index (χ1) is 8.24. The summed E-state index contributed by atoms with van der Waals surface area (Å²) < 4.78 is 2.41. The Kier molecular flexibility index (Phi) is 4.21. The number of hydrogen-bond donors (Lipinski definition) is 1. The number of rotatable bonds is 5. The van der Waals surface area contributed by atoms with E-state index in [9.17, 15) is 0 Å². The van der Waals surface area contributed by atoms with E-state index in [1.165, 1.54) is 37.1 Å². The van der Waals surface area contributed by atoms with Gasteiger partial charge >= 0.3 is 0 Å². The van der Waals surface area contributed by atoms with Gasteiger partial charge in [-0.05, 0) is 51.6 Å². The molecule has 0 aromatic carbocycles. The Balaban J connectivity index is 2.08. The van der Waals surface area contributed by atoms with E-state index in [1.807, 2.05) is 0 Å². The van der Waals surface area contributed by atoms with Gasteiger partial charge in [-0.3, -0.25) is 0 Å². The Morgan fingerprint density at radius 2 is 2.12 bits per heavy atom. The molecule has 1 aliphatic rings. The molecule has 3 nitrogen and oxygen atoms in total. The minimum absolute atomic E-state index is 0.545. The second-order valence-corrected chi connectivity index (χ2v) is 5.28. The third kappa shape index (κ3) is 2.71. The van der Waals surface area contributed by atoms with E-state index < -0.39 is 0 Å². The molecule has 3 heteroatoms. The minimum Gasteiger partial charge on any atom is -0.331 e. The predicted molar refractivity (Wildman–Crippen MR) is 71.3 cm³/mol. The van der Waals surface area contributed by atoms with Gasteiger partial charge in [-0.1, -0.05) is 13.8 Å². The molecular weight excluding hydrogens is 210 g/mol. The van der Waals surface area contributed by atoms with Crippen LogP contribution in [0.25, 0.3) is 0 Å². The van der Waals surface area contributed by atoms with Crippen LogP contribution in [0.3, 0.4) is 0 Å². The zero-order chi connectivity index (χ0) is 12.3. The highest BCUT2D eigenvalue weighted by Crippen LogP contribution is 2.26. The zero-order valence-electron chi connectivity index (χ0n) is 11.4. The fourth-order valence-corrected chi connectivity index (χ4v) is 2.66. The number of nitrogens with zero attached hydrogens (tertiary/aromatic N) is 2. The monoisotopic (exact) mass is 235 g/mol. The van der Waals surface area contributed by atoms with Gasteiger partial charge in [-0.25, -0.2) is 4.98 Å². The van der Waals surface area contributed by atoms with Crippen molar-refractivity contribution in [2.75, 3.05) is 13.1 Å². The highest BCUT2D eigenvalue weighted by atomic mass is 15.1. The van der Waals surface area contributed by atoms with Crippen LogP contribution in [0.1, 0.15) is 51.0 Å². The molecule has 0 radical (unpaired) electrons. The van der Waals surface area contributed by atoms with Crippen LogP contribution in [-0.4, -0.2) is 22.6 Å². The lowest BCUT2D eigenvalue weighted by molar-refractivity contribution is 0.354. The van der Waals surface area contributed by atoms with Crippen molar-refractivity contribution in [3.05, 3.63) is 17.7 Å². The third-order valence-electron chi connectivity index (χ3n) is 4.04. The van der Waals surface area contributed by atoms with E-state index >= 15 is 0 Å². The number of aromatic nitrogens is 2. The van der Waals surface area contributed by atoms with E-state index in [-0.39, 0.29) is 0 Å². The van der Waals surface area contributed by atoms with Gasteiger partial charge in [-0.2, -0.15) is 0 Å². The molecule has 2 rings (SSSR count). The highest BCUT2D eigenvalue weighted by Gasteiger charge is 2.21. The molecule has 1 aliphatic carbocycles. The van der Waals surface area contributed by atoms with Gasteiger partial charge in [0.2, 0.25) is 0 Å². The molecule has 1 heterocycles. The molecule has 0 saturated carbocycles. The molecule has 0 saturated heterocycles. The van der Waals surface area contributed by atoms with Gasteiger partial charge in [0, 0.05) is 11.7 Å². The van der Waals surface area contributed by atoms with Crippen molar-refractivity contribution in [2.24, 2.45) is 5.92 Å². The lowest BCUT2D eigenvalue weighted by Gasteiger charge is -2.25. The highest BCUT2D eigenvalue weighted by molar-refractivity contribution is 5.17. The fourth-order valence-electron chi connectivity index (χ4n) is 2.66. The maximum absolute atomic E-state index is 4.58. The molecule has 2 atom stereocenters. The van der Waals surface area contributed by atoms with Gasteiger partial charge < -0.3 is 9.88 Å². The summed E-state index contributed by atoms with van der Waals surface area (Å²) in [7, 11) is 0. The molecular formula is C14H25N3. The second-order valence-electron chi connectivity index (χ2n) is 5.28. The average molecular weight is 235 g/mol. The smallest absolute Gasteiger partial charge is 0.0954 e. The van der Waals surface area contributed by atoms with Gasteiger partial charge in [0.25, 0.3) is 0 Å². The zero-order valence-corrected chi connectivity index (χ0v) is 11.4. The van der Waals surface area contributed by atoms with Gasteiger partial charge in [0.05, 0.1) is 12.0 Å². The summed E-state index contributed by atoms with van der Waals surface area (Å²) in [5.41, 5.74) is 2.84. The first kappa shape index (κ1) is 12.6. The lowest BCUT2D eigenvalue weighted by Crippen LogP contribution is -2.27. The van der Waals surface area contributed by atoms with Gasteiger partial charge in [-0.15, -0.1) is 0 Å². The average Bonchev–Trinajstić information content (AvgIpc) is 2.78. The summed E-state index contributed by atoms with van der Waals surface area (Å²) in [6.07, 6.45) is 7.09. The largest absolute Gasteiger partial charge is 0.331 e. The second kappa shape index (κ2) is 5.67. The third-order valence-corrected chi connectivity index (χ3v) is 4.04. The van der Waals surface area contributed by atoms with Gasteiger partial charge in [0.15, 0.2) is 0 Å². The molecule has 1 aromatic heterocycles. The van der Waals surface area contributed by atoms with Crippen molar-refractivity contribution in [2.45, 2.75) is 52.5 Å². The van der Waals surface area contributed by atoms with Crippen LogP contribution >= 0.6 is 0 Å². The van der Waals surface area contributed by atoms with Crippen LogP contribution in [0.2, 0.25) is 0 Å². The molecule has 2 unspecified atom stereocenters. The molecule has 17 heavy (non-hydrogen) atoms. The molecule has 0 amide bonds. The Morgan fingerprint density at radius 1 is 1.35 bits per heavy atom. The SMILES string of the molecule is CCNCC(C)C(C)n1cnc2c1CCCC2. The summed E-state index contributed by atoms with van der Waals surface area (Å²) in [5.74, 6) is 0.648. The van der Waals surface area contributed by atoms with Crippen LogP contribution in [0.15, 0.2) is 6.33 Å². The Hall–Kier alpha value is -0.830. The summed E-state index contributed by atoms with van der Waals surface area (Å²) in [6.45, 7) is 8.95. The summed E-state index contributed by atoms with van der Waals surface area (Å²) in [5, 5.41) is 3.44. The van der Waals surface area contributed by atoms with E-state index in [4.69, 9.17) is 0 Å². The van der Waals surface area contributed by atoms with Crippen LogP contribution < -0.4 is 5.32 Å². The molecule has 1 aromatic rings. The van der Waals surface area contributed by atoms with Crippen molar-refractivity contribution < 1.29 is 0 Å². The fraction of sp³-hybridized carbons (Fsp3) is 0.786. The normalized spacial score (nSPS) is 18.8. The number of hydrogen-bond acceptors (Lipinski definition) is 2. The lowest BCUT2D eigenvalue weighted by atomic mass is 9.98. The van der Waals surface area contributed by atoms with Crippen LogP contribution in [-0.2, 0) is 12.8 Å². The molecule has 1 N–H and O–H groups in total. The van der Waals surface area contributed by atoms with Crippen molar-refractivity contribution in [3.8, 4) is 0 Å². The predicted octanol–water partition coefficient (Wildman–Crippen LogP) is 2.57. The molecule has 0 aliphatic heterocycles. The first-order valence-electron chi connectivity index (χ1n) is 6.99. The maximum atomic E-state index is 4.58. The maximum Gasteiger partial charge on any atom is 0.0954 e. The molecule has 96 valence electrons. The molecule has 0 spiro atoms. The van der Waals surface area contributed by atoms with Crippen molar-refractivity contribution in [1.82, 2.24) is 14.9 Å². The number of fused-ring (bicyclic) bond motifs is 1. The van der Waals surface area contributed by atoms with Gasteiger partial charge in [0.1, 0.15) is 0 Å². The summed E-state index contributed by atoms with van der Waals surface area (Å²) in [6, 6.07) is 0.545. The minimum atomic E-state index is 0.545. The van der Waals surface area contributed by atoms with E-state index in [0.717, 1.165) is 13.1 Å². The topological polar surface area (TPSA) is 29.9 Å². The first-order valence-corrected chi connectivity index (χ1v) is 6.99. The Morgan fingerprint density at radius 3 is 2.88 bits per heavy atom. The van der Waals surface area contributed by atoms with Crippen LogP contribution in [0, 0.1) is 5.92 Å². The van der Waals surface area contributed by atoms with Crippen LogP contribution in [0.5, 0.6) is 0 Å². The molecule has 0 fully saturated rings. The van der Waals surface area contributed by atoms with Crippen molar-refractivity contribution >= 4 is 0 Å². The number of imidazole rings is 1. The van der Waals surface area contributed by atoms with E-state index in [0.29, 0.717) is 12.0 Å². The quantitative estimate of drug-likeness (QED) is 0.850. The molecule has 0 bridgehead atoms. The number of nitrogens with one attached hydrogen (secondary N) is 1. The summed E-state index contributed by atoms with van der Waals surface area (Å²) in [4.78, 5) is 4.58. The standard InChI is InChI=1S/C14H25N3/c1-4-15-9-11(2)12(3)17-10-16-13-7-5-6-8-14(13)17/h10-12,15H,4-9H2,1-3H3. The Bertz CT molecular complexity index is 356. The van der Waals surface area contributed by atoms with E-state index in [2.05, 4.69) is 42.0 Å². The number of aryl methyl sites for hydroxylation is 1. The Labute approximate surface area is 105 Å². The van der Waals surface area contributed by atoms with Crippen molar-refractivity contribution in [1.29, 1.82) is 0 Å². The summed E-state index contributed by atoms with van der Waals surface area (Å²) >= 11 is 0. The van der Waals surface area contributed by atoms with E-state index in [1.54, 1.807) is 0 Å². The van der Waals surface area contributed by atoms with Crippen LogP contribution in [0.4, 0.5) is 0 Å². The van der Waals surface area contributed by atoms with Crippen molar-refractivity contribution in [3.63, 3.8) is 0 Å².